The molecule has 1 saturated heterocycles. The highest BCUT2D eigenvalue weighted by Gasteiger charge is 2.26. The lowest BCUT2D eigenvalue weighted by Gasteiger charge is -2.33. The fourth-order valence-corrected chi connectivity index (χ4v) is 3.45. The summed E-state index contributed by atoms with van der Waals surface area (Å²) >= 11 is 0. The molecule has 0 N–H and O–H groups in total. The Labute approximate surface area is 150 Å². The van der Waals surface area contributed by atoms with Crippen LogP contribution in [-0.2, 0) is 4.79 Å². The van der Waals surface area contributed by atoms with Crippen LogP contribution in [-0.4, -0.2) is 33.9 Å². The van der Waals surface area contributed by atoms with Crippen LogP contribution in [0.4, 0.5) is 0 Å². The Kier molecular flexibility index (Phi) is 5.47. The van der Waals surface area contributed by atoms with E-state index in [9.17, 15) is 4.79 Å². The zero-order chi connectivity index (χ0) is 17.8. The maximum absolute atomic E-state index is 12.4. The third-order valence-electron chi connectivity index (χ3n) is 4.73. The Hall–Kier alpha value is -2.23. The molecule has 1 aliphatic rings. The fourth-order valence-electron chi connectivity index (χ4n) is 3.45. The van der Waals surface area contributed by atoms with Gasteiger partial charge >= 0.3 is 0 Å². The predicted molar refractivity (Wildman–Crippen MR) is 100 cm³/mol. The van der Waals surface area contributed by atoms with Crippen LogP contribution in [0.15, 0.2) is 36.5 Å². The van der Waals surface area contributed by atoms with Crippen molar-refractivity contribution in [2.75, 3.05) is 13.1 Å². The monoisotopic (exact) mass is 337 g/mol. The van der Waals surface area contributed by atoms with Crippen molar-refractivity contribution in [3.05, 3.63) is 47.8 Å². The summed E-state index contributed by atoms with van der Waals surface area (Å²) in [6.45, 7) is 7.91. The molecule has 132 valence electrons. The Morgan fingerprint density at radius 3 is 2.92 bits per heavy atom. The lowest BCUT2D eigenvalue weighted by molar-refractivity contribution is -0.133. The number of amides is 1. The summed E-state index contributed by atoms with van der Waals surface area (Å²) in [6.07, 6.45) is 4.59. The summed E-state index contributed by atoms with van der Waals surface area (Å²) in [7, 11) is 0. The van der Waals surface area contributed by atoms with Gasteiger partial charge in [0.05, 0.1) is 0 Å². The first kappa shape index (κ1) is 17.6. The molecule has 1 aromatic carbocycles. The van der Waals surface area contributed by atoms with Crippen LogP contribution in [0.25, 0.3) is 11.4 Å². The maximum Gasteiger partial charge on any atom is 0.222 e. The number of likely N-dealkylation sites (tertiary alicyclic amines) is 1. The molecule has 1 fully saturated rings. The average molecular weight is 337 g/mol. The largest absolute Gasteiger partial charge is 0.342 e. The molecule has 2 heterocycles. The number of aryl methyl sites for hydroxylation is 1. The van der Waals surface area contributed by atoms with Crippen molar-refractivity contribution in [2.24, 2.45) is 5.92 Å². The number of carbonyl (C=O) groups excluding carboxylic acids is 1. The second-order valence-corrected chi connectivity index (χ2v) is 7.45. The minimum absolute atomic E-state index is 0.271. The van der Waals surface area contributed by atoms with Gasteiger partial charge in [0.25, 0.3) is 0 Å². The molecular formula is C21H27N3O. The van der Waals surface area contributed by atoms with E-state index in [0.717, 1.165) is 43.0 Å². The van der Waals surface area contributed by atoms with E-state index in [4.69, 9.17) is 4.98 Å². The number of benzene rings is 1. The molecule has 0 spiro atoms. The minimum Gasteiger partial charge on any atom is -0.342 e. The molecule has 25 heavy (non-hydrogen) atoms. The van der Waals surface area contributed by atoms with Crippen LogP contribution in [0.3, 0.4) is 0 Å². The topological polar surface area (TPSA) is 46.1 Å². The standard InChI is InChI=1S/C21H27N3O/c1-15(2)12-20(25)24-11-5-8-18(14-24)19-9-10-22-21(23-19)17-7-4-6-16(3)13-17/h4,6-7,9-10,13,15,18H,5,8,11-12,14H2,1-3H3/t18-/m1/s1. The Bertz CT molecular complexity index is 741. The highest BCUT2D eigenvalue weighted by atomic mass is 16.2. The van der Waals surface area contributed by atoms with Gasteiger partial charge in [0, 0.05) is 42.9 Å². The quantitative estimate of drug-likeness (QED) is 0.840. The molecule has 1 atom stereocenters. The van der Waals surface area contributed by atoms with Gasteiger partial charge in [-0.2, -0.15) is 0 Å². The Balaban J connectivity index is 1.77. The summed E-state index contributed by atoms with van der Waals surface area (Å²) in [5, 5.41) is 0. The van der Waals surface area contributed by atoms with E-state index in [1.54, 1.807) is 0 Å². The molecular weight excluding hydrogens is 310 g/mol. The number of carbonyl (C=O) groups is 1. The Morgan fingerprint density at radius 2 is 2.16 bits per heavy atom. The molecule has 0 unspecified atom stereocenters. The van der Waals surface area contributed by atoms with Gasteiger partial charge in [0.1, 0.15) is 0 Å². The second-order valence-electron chi connectivity index (χ2n) is 7.45. The van der Waals surface area contributed by atoms with E-state index in [-0.39, 0.29) is 5.91 Å². The summed E-state index contributed by atoms with van der Waals surface area (Å²) in [4.78, 5) is 23.7. The van der Waals surface area contributed by atoms with Gasteiger partial charge in [-0.1, -0.05) is 37.6 Å². The van der Waals surface area contributed by atoms with Gasteiger partial charge in [-0.25, -0.2) is 9.97 Å². The summed E-state index contributed by atoms with van der Waals surface area (Å²) in [5.41, 5.74) is 3.30. The summed E-state index contributed by atoms with van der Waals surface area (Å²) in [6, 6.07) is 10.3. The van der Waals surface area contributed by atoms with Crippen LogP contribution in [0, 0.1) is 12.8 Å². The fraction of sp³-hybridized carbons (Fsp3) is 0.476. The number of piperidine rings is 1. The number of aromatic nitrogens is 2. The van der Waals surface area contributed by atoms with Crippen molar-refractivity contribution in [1.29, 1.82) is 0 Å². The van der Waals surface area contributed by atoms with Crippen molar-refractivity contribution < 1.29 is 4.79 Å². The molecule has 0 saturated carbocycles. The van der Waals surface area contributed by atoms with Crippen molar-refractivity contribution in [3.8, 4) is 11.4 Å². The van der Waals surface area contributed by atoms with E-state index in [0.29, 0.717) is 18.3 Å². The zero-order valence-electron chi connectivity index (χ0n) is 15.4. The van der Waals surface area contributed by atoms with Crippen molar-refractivity contribution in [1.82, 2.24) is 14.9 Å². The number of hydrogen-bond donors (Lipinski definition) is 0. The second kappa shape index (κ2) is 7.77. The van der Waals surface area contributed by atoms with Gasteiger partial charge in [-0.15, -0.1) is 0 Å². The molecule has 2 aromatic rings. The molecule has 1 aromatic heterocycles. The van der Waals surface area contributed by atoms with Crippen LogP contribution in [0.1, 0.15) is 50.3 Å². The minimum atomic E-state index is 0.271. The smallest absolute Gasteiger partial charge is 0.222 e. The van der Waals surface area contributed by atoms with Gasteiger partial charge < -0.3 is 4.90 Å². The first-order valence-electron chi connectivity index (χ1n) is 9.20. The first-order valence-corrected chi connectivity index (χ1v) is 9.20. The molecule has 4 heteroatoms. The molecule has 4 nitrogen and oxygen atoms in total. The molecule has 0 aliphatic carbocycles. The van der Waals surface area contributed by atoms with Gasteiger partial charge in [0.2, 0.25) is 5.91 Å². The number of nitrogens with zero attached hydrogens (tertiary/aromatic N) is 3. The molecule has 1 amide bonds. The van der Waals surface area contributed by atoms with Crippen molar-refractivity contribution in [3.63, 3.8) is 0 Å². The van der Waals surface area contributed by atoms with Crippen LogP contribution in [0.2, 0.25) is 0 Å². The summed E-state index contributed by atoms with van der Waals surface area (Å²) < 4.78 is 0. The van der Waals surface area contributed by atoms with E-state index in [1.165, 1.54) is 5.56 Å². The van der Waals surface area contributed by atoms with Gasteiger partial charge in [0.15, 0.2) is 5.82 Å². The number of rotatable bonds is 4. The van der Waals surface area contributed by atoms with Crippen molar-refractivity contribution in [2.45, 2.75) is 46.0 Å². The third kappa shape index (κ3) is 4.44. The Morgan fingerprint density at radius 1 is 1.32 bits per heavy atom. The van der Waals surface area contributed by atoms with Crippen LogP contribution < -0.4 is 0 Å². The molecule has 1 aliphatic heterocycles. The SMILES string of the molecule is Cc1cccc(-c2nccc([C@@H]3CCCN(C(=O)CC(C)C)C3)n2)c1. The van der Waals surface area contributed by atoms with Crippen molar-refractivity contribution >= 4 is 5.91 Å². The highest BCUT2D eigenvalue weighted by Crippen LogP contribution is 2.27. The molecule has 0 radical (unpaired) electrons. The number of hydrogen-bond acceptors (Lipinski definition) is 3. The first-order chi connectivity index (χ1) is 12.0. The molecule has 3 rings (SSSR count). The van der Waals surface area contributed by atoms with E-state index in [1.807, 2.05) is 29.3 Å². The lowest BCUT2D eigenvalue weighted by Crippen LogP contribution is -2.39. The van der Waals surface area contributed by atoms with Crippen LogP contribution >= 0.6 is 0 Å². The average Bonchev–Trinajstić information content (AvgIpc) is 2.61. The van der Waals surface area contributed by atoms with Crippen LogP contribution in [0.5, 0.6) is 0 Å². The zero-order valence-corrected chi connectivity index (χ0v) is 15.4. The van der Waals surface area contributed by atoms with Gasteiger partial charge in [-0.05, 0) is 37.8 Å². The van der Waals surface area contributed by atoms with Gasteiger partial charge in [-0.3, -0.25) is 4.79 Å². The summed E-state index contributed by atoms with van der Waals surface area (Å²) in [5.74, 6) is 1.75. The normalized spacial score (nSPS) is 17.8. The van der Waals surface area contributed by atoms with E-state index in [2.05, 4.69) is 37.9 Å². The molecule has 0 bridgehead atoms. The predicted octanol–water partition coefficient (Wildman–Crippen LogP) is 4.20. The third-order valence-corrected chi connectivity index (χ3v) is 4.73. The maximum atomic E-state index is 12.4. The highest BCUT2D eigenvalue weighted by molar-refractivity contribution is 5.76. The van der Waals surface area contributed by atoms with E-state index >= 15 is 0 Å². The van der Waals surface area contributed by atoms with E-state index < -0.39 is 0 Å². The lowest BCUT2D eigenvalue weighted by atomic mass is 9.93.